The number of benzene rings is 2. The van der Waals surface area contributed by atoms with E-state index in [1.54, 1.807) is 13.0 Å². The molecule has 0 saturated carbocycles. The summed E-state index contributed by atoms with van der Waals surface area (Å²) in [5, 5.41) is 2.47. The van der Waals surface area contributed by atoms with Gasteiger partial charge < -0.3 is 4.90 Å². The third-order valence-corrected chi connectivity index (χ3v) is 5.84. The zero-order valence-electron chi connectivity index (χ0n) is 18.8. The summed E-state index contributed by atoms with van der Waals surface area (Å²) in [5.41, 5.74) is -2.82. The summed E-state index contributed by atoms with van der Waals surface area (Å²) in [6.45, 7) is 1.64. The molecule has 0 spiro atoms. The Bertz CT molecular complexity index is 1310. The number of alkyl halides is 6. The minimum Gasteiger partial charge on any atom is -0.334 e. The van der Waals surface area contributed by atoms with E-state index in [4.69, 9.17) is 0 Å². The molecule has 2 heterocycles. The van der Waals surface area contributed by atoms with Crippen molar-refractivity contribution >= 4 is 17.8 Å². The fourth-order valence-corrected chi connectivity index (χ4v) is 4.22. The molecule has 0 bridgehead atoms. The van der Waals surface area contributed by atoms with E-state index in [2.05, 4.69) is 15.3 Å². The number of hydrogen-bond donors (Lipinski definition) is 1. The zero-order valence-corrected chi connectivity index (χ0v) is 18.8. The lowest BCUT2D eigenvalue weighted by atomic mass is 9.78. The summed E-state index contributed by atoms with van der Waals surface area (Å²) in [4.78, 5) is 35.5. The van der Waals surface area contributed by atoms with Crippen LogP contribution in [0.1, 0.15) is 50.3 Å². The fourth-order valence-electron chi connectivity index (χ4n) is 4.22. The fraction of sp³-hybridized carbons (Fsp3) is 0.250. The molecular formula is C24H18F6N4O2. The number of rotatable bonds is 3. The first-order valence-electron chi connectivity index (χ1n) is 10.5. The van der Waals surface area contributed by atoms with Gasteiger partial charge in [-0.1, -0.05) is 18.2 Å². The summed E-state index contributed by atoms with van der Waals surface area (Å²) < 4.78 is 81.3. The average molecular weight is 508 g/mol. The molecule has 0 aliphatic carbocycles. The molecule has 6 nitrogen and oxygen atoms in total. The number of aromatic nitrogens is 2. The predicted octanol–water partition coefficient (Wildman–Crippen LogP) is 5.37. The first-order chi connectivity index (χ1) is 16.8. The molecule has 36 heavy (non-hydrogen) atoms. The van der Waals surface area contributed by atoms with Crippen LogP contribution in [0, 0.1) is 6.92 Å². The monoisotopic (exact) mass is 508 g/mol. The van der Waals surface area contributed by atoms with Gasteiger partial charge in [-0.05, 0) is 48.4 Å². The lowest BCUT2D eigenvalue weighted by Crippen LogP contribution is -2.44. The second kappa shape index (κ2) is 8.92. The van der Waals surface area contributed by atoms with E-state index >= 15 is 0 Å². The SMILES string of the molecule is Cc1ccnc(NC(=O)[C@@H]2c3ccccc3C(=O)N(C)[C@H]2c2cc(C(F)(F)F)cc(C(F)(F)F)c2)n1. The van der Waals surface area contributed by atoms with Crippen molar-refractivity contribution in [1.82, 2.24) is 14.9 Å². The summed E-state index contributed by atoms with van der Waals surface area (Å²) in [5.74, 6) is -2.92. The van der Waals surface area contributed by atoms with Gasteiger partial charge in [0.25, 0.3) is 5.91 Å². The van der Waals surface area contributed by atoms with Crippen molar-refractivity contribution in [1.29, 1.82) is 0 Å². The number of aryl methyl sites for hydroxylation is 1. The van der Waals surface area contributed by atoms with Crippen molar-refractivity contribution < 1.29 is 35.9 Å². The number of likely N-dealkylation sites (N-methyl/N-ethyl adjacent to an activating group) is 1. The highest BCUT2D eigenvalue weighted by atomic mass is 19.4. The Morgan fingerprint density at radius 3 is 2.17 bits per heavy atom. The van der Waals surface area contributed by atoms with Crippen LogP contribution < -0.4 is 5.32 Å². The number of nitrogens with zero attached hydrogens (tertiary/aromatic N) is 3. The van der Waals surface area contributed by atoms with E-state index in [9.17, 15) is 35.9 Å². The number of anilines is 1. The molecule has 4 rings (SSSR count). The highest BCUT2D eigenvalue weighted by molar-refractivity contribution is 6.03. The van der Waals surface area contributed by atoms with Crippen molar-refractivity contribution in [3.63, 3.8) is 0 Å². The Morgan fingerprint density at radius 2 is 1.58 bits per heavy atom. The van der Waals surface area contributed by atoms with Gasteiger partial charge in [0.2, 0.25) is 11.9 Å². The molecule has 1 aliphatic heterocycles. The average Bonchev–Trinajstić information content (AvgIpc) is 2.79. The van der Waals surface area contributed by atoms with Crippen LogP contribution in [0.2, 0.25) is 0 Å². The molecule has 0 unspecified atom stereocenters. The lowest BCUT2D eigenvalue weighted by molar-refractivity contribution is -0.143. The molecule has 1 N–H and O–H groups in total. The van der Waals surface area contributed by atoms with Crippen LogP contribution >= 0.6 is 0 Å². The van der Waals surface area contributed by atoms with Gasteiger partial charge >= 0.3 is 12.4 Å². The molecular weight excluding hydrogens is 490 g/mol. The maximum absolute atomic E-state index is 13.6. The molecule has 3 aromatic rings. The van der Waals surface area contributed by atoms with E-state index in [-0.39, 0.29) is 23.1 Å². The van der Waals surface area contributed by atoms with E-state index in [0.717, 1.165) is 4.90 Å². The molecule has 188 valence electrons. The number of fused-ring (bicyclic) bond motifs is 1. The van der Waals surface area contributed by atoms with Crippen LogP contribution in [0.5, 0.6) is 0 Å². The molecule has 1 aliphatic rings. The molecule has 0 fully saturated rings. The number of amides is 2. The zero-order chi connectivity index (χ0) is 26.4. The molecule has 0 saturated heterocycles. The number of carbonyl (C=O) groups is 2. The number of hydrogen-bond acceptors (Lipinski definition) is 4. The Balaban J connectivity index is 1.91. The Hall–Kier alpha value is -3.96. The summed E-state index contributed by atoms with van der Waals surface area (Å²) in [7, 11) is 1.22. The minimum atomic E-state index is -5.10. The highest BCUT2D eigenvalue weighted by Crippen LogP contribution is 2.45. The van der Waals surface area contributed by atoms with E-state index in [1.165, 1.54) is 37.5 Å². The van der Waals surface area contributed by atoms with Crippen LogP contribution in [0.25, 0.3) is 0 Å². The first-order valence-corrected chi connectivity index (χ1v) is 10.5. The number of carbonyl (C=O) groups excluding carboxylic acids is 2. The molecule has 0 radical (unpaired) electrons. The van der Waals surface area contributed by atoms with Crippen molar-refractivity contribution in [2.45, 2.75) is 31.2 Å². The van der Waals surface area contributed by atoms with Crippen molar-refractivity contribution in [2.24, 2.45) is 0 Å². The van der Waals surface area contributed by atoms with Gasteiger partial charge in [-0.3, -0.25) is 14.9 Å². The standard InChI is InChI=1S/C24H18F6N4O2/c1-12-7-8-31-22(32-12)33-20(35)18-16-5-3-4-6-17(16)21(36)34(2)19(18)13-9-14(23(25,26)27)11-15(10-13)24(28,29)30/h3-11,18-19H,1-2H3,(H,31,32,33,35)/t18-,19+/m1/s1. The summed E-state index contributed by atoms with van der Waals surface area (Å²) >= 11 is 0. The van der Waals surface area contributed by atoms with Gasteiger partial charge in [0.1, 0.15) is 0 Å². The number of halogens is 6. The normalized spacial score (nSPS) is 18.1. The van der Waals surface area contributed by atoms with Gasteiger partial charge in [0, 0.05) is 24.5 Å². The smallest absolute Gasteiger partial charge is 0.334 e. The minimum absolute atomic E-state index is 0.00222. The third kappa shape index (κ3) is 4.75. The Labute approximate surface area is 201 Å². The van der Waals surface area contributed by atoms with Crippen molar-refractivity contribution in [3.8, 4) is 0 Å². The second-order valence-corrected chi connectivity index (χ2v) is 8.28. The maximum atomic E-state index is 13.6. The molecule has 2 aromatic carbocycles. The summed E-state index contributed by atoms with van der Waals surface area (Å²) in [6, 6.07) is 7.07. The lowest BCUT2D eigenvalue weighted by Gasteiger charge is -2.40. The summed E-state index contributed by atoms with van der Waals surface area (Å²) in [6.07, 6.45) is -8.82. The van der Waals surface area contributed by atoms with Crippen molar-refractivity contribution in [3.05, 3.63) is 88.2 Å². The van der Waals surface area contributed by atoms with Crippen LogP contribution in [0.15, 0.2) is 54.7 Å². The van der Waals surface area contributed by atoms with E-state index in [0.29, 0.717) is 17.8 Å². The van der Waals surface area contributed by atoms with Gasteiger partial charge in [0.15, 0.2) is 0 Å². The van der Waals surface area contributed by atoms with Crippen molar-refractivity contribution in [2.75, 3.05) is 12.4 Å². The van der Waals surface area contributed by atoms with Crippen LogP contribution in [-0.2, 0) is 17.1 Å². The van der Waals surface area contributed by atoms with E-state index < -0.39 is 52.8 Å². The van der Waals surface area contributed by atoms with Gasteiger partial charge in [-0.15, -0.1) is 0 Å². The molecule has 2 atom stereocenters. The Kier molecular flexibility index (Phi) is 6.23. The van der Waals surface area contributed by atoms with Crippen LogP contribution in [0.4, 0.5) is 32.3 Å². The van der Waals surface area contributed by atoms with Crippen LogP contribution in [0.3, 0.4) is 0 Å². The largest absolute Gasteiger partial charge is 0.416 e. The molecule has 2 amide bonds. The topological polar surface area (TPSA) is 75.2 Å². The van der Waals surface area contributed by atoms with Crippen LogP contribution in [-0.4, -0.2) is 33.7 Å². The van der Waals surface area contributed by atoms with Gasteiger partial charge in [-0.2, -0.15) is 26.3 Å². The highest BCUT2D eigenvalue weighted by Gasteiger charge is 2.45. The molecule has 12 heteroatoms. The maximum Gasteiger partial charge on any atom is 0.416 e. The first kappa shape index (κ1) is 25.1. The Morgan fingerprint density at radius 1 is 0.972 bits per heavy atom. The van der Waals surface area contributed by atoms with Gasteiger partial charge in [0.05, 0.1) is 23.1 Å². The third-order valence-electron chi connectivity index (χ3n) is 5.84. The second-order valence-electron chi connectivity index (χ2n) is 8.28. The number of nitrogens with one attached hydrogen (secondary N) is 1. The predicted molar refractivity (Wildman–Crippen MR) is 116 cm³/mol. The quantitative estimate of drug-likeness (QED) is 0.483. The van der Waals surface area contributed by atoms with E-state index in [1.807, 2.05) is 0 Å². The molecule has 1 aromatic heterocycles. The van der Waals surface area contributed by atoms with Gasteiger partial charge in [-0.25, -0.2) is 9.97 Å².